The zero-order valence-corrected chi connectivity index (χ0v) is 13.8. The van der Waals surface area contributed by atoms with Gasteiger partial charge in [-0.2, -0.15) is 13.2 Å². The number of amides is 1. The lowest BCUT2D eigenvalue weighted by molar-refractivity contribution is -0.137. The molecule has 1 atom stereocenters. The largest absolute Gasteiger partial charge is 0.479 e. The Morgan fingerprint density at radius 3 is 2.33 bits per heavy atom. The Morgan fingerprint density at radius 1 is 1.12 bits per heavy atom. The van der Waals surface area contributed by atoms with Gasteiger partial charge in [-0.15, -0.1) is 0 Å². The van der Waals surface area contributed by atoms with E-state index in [1.807, 2.05) is 0 Å². The van der Waals surface area contributed by atoms with Crippen LogP contribution in [0.3, 0.4) is 0 Å². The summed E-state index contributed by atoms with van der Waals surface area (Å²) in [6.07, 6.45) is -5.36. The Balaban J connectivity index is 2.02. The van der Waals surface area contributed by atoms with Crippen LogP contribution in [-0.2, 0) is 11.0 Å². The smallest absolute Gasteiger partial charge is 0.416 e. The van der Waals surface area contributed by atoms with Gasteiger partial charge in [-0.25, -0.2) is 0 Å². The summed E-state index contributed by atoms with van der Waals surface area (Å²) in [6.45, 7) is 1.48. The molecule has 2 aromatic carbocycles. The first-order valence-electron chi connectivity index (χ1n) is 6.77. The van der Waals surface area contributed by atoms with E-state index >= 15 is 0 Å². The molecule has 0 unspecified atom stereocenters. The quantitative estimate of drug-likeness (QED) is 0.772. The minimum Gasteiger partial charge on any atom is -0.479 e. The van der Waals surface area contributed by atoms with Crippen LogP contribution >= 0.6 is 23.2 Å². The van der Waals surface area contributed by atoms with E-state index in [-0.39, 0.29) is 21.5 Å². The number of carbonyl (C=O) groups excluding carboxylic acids is 1. The van der Waals surface area contributed by atoms with E-state index in [1.165, 1.54) is 19.1 Å². The number of hydrogen-bond donors (Lipinski definition) is 1. The summed E-state index contributed by atoms with van der Waals surface area (Å²) in [7, 11) is 0. The van der Waals surface area contributed by atoms with Crippen molar-refractivity contribution in [2.45, 2.75) is 19.2 Å². The second-order valence-electron chi connectivity index (χ2n) is 4.88. The molecule has 2 rings (SSSR count). The number of anilines is 1. The Bertz CT molecular complexity index is 733. The fraction of sp³-hybridized carbons (Fsp3) is 0.188. The second kappa shape index (κ2) is 7.32. The van der Waals surface area contributed by atoms with Crippen LogP contribution in [0.1, 0.15) is 12.5 Å². The van der Waals surface area contributed by atoms with Crippen molar-refractivity contribution in [2.75, 3.05) is 5.32 Å². The second-order valence-corrected chi connectivity index (χ2v) is 5.66. The Morgan fingerprint density at radius 2 is 1.75 bits per heavy atom. The number of halogens is 5. The number of alkyl halides is 3. The molecule has 3 nitrogen and oxygen atoms in total. The number of ether oxygens (including phenoxy) is 1. The van der Waals surface area contributed by atoms with Gasteiger partial charge in [0.2, 0.25) is 0 Å². The number of rotatable bonds is 4. The highest BCUT2D eigenvalue weighted by Crippen LogP contribution is 2.32. The van der Waals surface area contributed by atoms with Crippen LogP contribution in [0.15, 0.2) is 42.5 Å². The average molecular weight is 378 g/mol. The number of hydrogen-bond acceptors (Lipinski definition) is 2. The summed E-state index contributed by atoms with van der Waals surface area (Å²) in [5.41, 5.74) is -0.573. The first-order chi connectivity index (χ1) is 11.2. The Labute approximate surface area is 146 Å². The third kappa shape index (κ3) is 4.55. The van der Waals surface area contributed by atoms with Crippen molar-refractivity contribution in [2.24, 2.45) is 0 Å². The predicted molar refractivity (Wildman–Crippen MR) is 86.6 cm³/mol. The molecule has 0 aliphatic heterocycles. The average Bonchev–Trinajstić information content (AvgIpc) is 2.51. The van der Waals surface area contributed by atoms with Gasteiger partial charge < -0.3 is 10.1 Å². The van der Waals surface area contributed by atoms with E-state index in [9.17, 15) is 18.0 Å². The molecule has 0 aromatic heterocycles. The van der Waals surface area contributed by atoms with Gasteiger partial charge in [0.1, 0.15) is 10.8 Å². The molecule has 0 bridgehead atoms. The molecule has 0 aliphatic rings. The Kier molecular flexibility index (Phi) is 5.62. The standard InChI is InChI=1S/C16H12Cl2F3NO2/c1-9(24-13-4-2-3-12(17)14(13)18)15(23)22-11-7-5-10(6-8-11)16(19,20)21/h2-9H,1H3,(H,22,23)/t9-/m1/s1. The van der Waals surface area contributed by atoms with Crippen LogP contribution in [0.4, 0.5) is 18.9 Å². The first-order valence-corrected chi connectivity index (χ1v) is 7.53. The highest BCUT2D eigenvalue weighted by Gasteiger charge is 2.30. The maximum Gasteiger partial charge on any atom is 0.416 e. The predicted octanol–water partition coefficient (Wildman–Crippen LogP) is 5.42. The molecule has 0 saturated heterocycles. The Hall–Kier alpha value is -1.92. The number of benzene rings is 2. The van der Waals surface area contributed by atoms with Gasteiger partial charge in [-0.3, -0.25) is 4.79 Å². The molecule has 0 heterocycles. The molecule has 0 radical (unpaired) electrons. The van der Waals surface area contributed by atoms with Crippen LogP contribution in [0.2, 0.25) is 10.0 Å². The van der Waals surface area contributed by atoms with Crippen molar-refractivity contribution in [1.82, 2.24) is 0 Å². The fourth-order valence-electron chi connectivity index (χ4n) is 1.81. The lowest BCUT2D eigenvalue weighted by Gasteiger charge is -2.16. The summed E-state index contributed by atoms with van der Waals surface area (Å²) in [5, 5.41) is 2.92. The van der Waals surface area contributed by atoms with Crippen LogP contribution in [0.5, 0.6) is 5.75 Å². The maximum absolute atomic E-state index is 12.5. The summed E-state index contributed by atoms with van der Waals surface area (Å²) < 4.78 is 42.9. The van der Waals surface area contributed by atoms with Gasteiger partial charge in [0.15, 0.2) is 6.10 Å². The van der Waals surface area contributed by atoms with E-state index < -0.39 is 23.8 Å². The van der Waals surface area contributed by atoms with Gasteiger partial charge in [-0.05, 0) is 43.3 Å². The van der Waals surface area contributed by atoms with Crippen molar-refractivity contribution < 1.29 is 22.7 Å². The molecular weight excluding hydrogens is 366 g/mol. The van der Waals surface area contributed by atoms with Crippen molar-refractivity contribution in [1.29, 1.82) is 0 Å². The number of carbonyl (C=O) groups is 1. The summed E-state index contributed by atoms with van der Waals surface area (Å²) in [4.78, 5) is 12.1. The summed E-state index contributed by atoms with van der Waals surface area (Å²) >= 11 is 11.8. The van der Waals surface area contributed by atoms with Crippen LogP contribution < -0.4 is 10.1 Å². The van der Waals surface area contributed by atoms with E-state index in [0.717, 1.165) is 12.1 Å². The van der Waals surface area contributed by atoms with E-state index in [1.54, 1.807) is 18.2 Å². The van der Waals surface area contributed by atoms with Crippen LogP contribution in [-0.4, -0.2) is 12.0 Å². The lowest BCUT2D eigenvalue weighted by atomic mass is 10.2. The van der Waals surface area contributed by atoms with E-state index in [4.69, 9.17) is 27.9 Å². The van der Waals surface area contributed by atoms with Crippen molar-refractivity contribution in [3.63, 3.8) is 0 Å². The molecule has 1 N–H and O–H groups in total. The molecule has 8 heteroatoms. The zero-order chi connectivity index (χ0) is 17.9. The number of nitrogens with one attached hydrogen (secondary N) is 1. The van der Waals surface area contributed by atoms with Gasteiger partial charge in [-0.1, -0.05) is 29.3 Å². The minimum absolute atomic E-state index is 0.174. The van der Waals surface area contributed by atoms with Gasteiger partial charge in [0.05, 0.1) is 10.6 Å². The van der Waals surface area contributed by atoms with Crippen LogP contribution in [0, 0.1) is 0 Å². The lowest BCUT2D eigenvalue weighted by Crippen LogP contribution is -2.30. The normalized spacial score (nSPS) is 12.6. The zero-order valence-electron chi connectivity index (χ0n) is 12.3. The molecule has 0 spiro atoms. The maximum atomic E-state index is 12.5. The van der Waals surface area contributed by atoms with Crippen molar-refractivity contribution in [3.05, 3.63) is 58.1 Å². The summed E-state index contributed by atoms with van der Waals surface area (Å²) in [5.74, 6) is -0.301. The highest BCUT2D eigenvalue weighted by molar-refractivity contribution is 6.42. The highest BCUT2D eigenvalue weighted by atomic mass is 35.5. The van der Waals surface area contributed by atoms with Crippen LogP contribution in [0.25, 0.3) is 0 Å². The van der Waals surface area contributed by atoms with Gasteiger partial charge in [0.25, 0.3) is 5.91 Å². The molecule has 0 saturated carbocycles. The molecule has 0 aliphatic carbocycles. The third-order valence-corrected chi connectivity index (χ3v) is 3.87. The third-order valence-electron chi connectivity index (χ3n) is 3.07. The SMILES string of the molecule is C[C@@H](Oc1cccc(Cl)c1Cl)C(=O)Nc1ccc(C(F)(F)F)cc1. The van der Waals surface area contributed by atoms with Crippen molar-refractivity contribution in [3.8, 4) is 5.75 Å². The fourth-order valence-corrected chi connectivity index (χ4v) is 2.14. The summed E-state index contributed by atoms with van der Waals surface area (Å²) in [6, 6.07) is 8.84. The molecule has 128 valence electrons. The molecule has 0 fully saturated rings. The van der Waals surface area contributed by atoms with Gasteiger partial charge in [0, 0.05) is 5.69 Å². The molecule has 1 amide bonds. The topological polar surface area (TPSA) is 38.3 Å². The van der Waals surface area contributed by atoms with E-state index in [2.05, 4.69) is 5.32 Å². The van der Waals surface area contributed by atoms with Crippen molar-refractivity contribution >= 4 is 34.8 Å². The first kappa shape index (κ1) is 18.4. The molecule has 2 aromatic rings. The van der Waals surface area contributed by atoms with E-state index in [0.29, 0.717) is 0 Å². The minimum atomic E-state index is -4.43. The molecular formula is C16H12Cl2F3NO2. The molecule has 24 heavy (non-hydrogen) atoms. The monoisotopic (exact) mass is 377 g/mol. The van der Waals surface area contributed by atoms with Gasteiger partial charge >= 0.3 is 6.18 Å².